The monoisotopic (exact) mass is 369 g/mol. The normalized spacial score (nSPS) is 30.0. The zero-order valence-corrected chi connectivity index (χ0v) is 16.3. The molecule has 2 fully saturated rings. The zero-order chi connectivity index (χ0) is 19.0. The Hall–Kier alpha value is -1.84. The second-order valence-corrected chi connectivity index (χ2v) is 9.00. The number of carbonyl (C=O) groups is 2. The number of carbonyl (C=O) groups excluding carboxylic acids is 1. The maximum atomic E-state index is 13.8. The van der Waals surface area contributed by atoms with Crippen molar-refractivity contribution in [1.82, 2.24) is 4.90 Å². The summed E-state index contributed by atoms with van der Waals surface area (Å²) in [6.07, 6.45) is 8.70. The molecule has 0 radical (unpaired) electrons. The Morgan fingerprint density at radius 1 is 1.04 bits per heavy atom. The van der Waals surface area contributed by atoms with E-state index in [1.165, 1.54) is 24.0 Å². The third-order valence-electron chi connectivity index (χ3n) is 7.37. The maximum absolute atomic E-state index is 13.8. The van der Waals surface area contributed by atoms with Crippen molar-refractivity contribution in [3.8, 4) is 0 Å². The minimum Gasteiger partial charge on any atom is -0.481 e. The Balaban J connectivity index is 1.71. The number of fused-ring (bicyclic) bond motifs is 1. The lowest BCUT2D eigenvalue weighted by atomic mass is 9.77. The van der Waals surface area contributed by atoms with Gasteiger partial charge in [-0.1, -0.05) is 56.9 Å². The van der Waals surface area contributed by atoms with Crippen LogP contribution in [0.25, 0.3) is 0 Å². The van der Waals surface area contributed by atoms with E-state index in [1.807, 2.05) is 0 Å². The van der Waals surface area contributed by atoms with Crippen LogP contribution in [0.3, 0.4) is 0 Å². The van der Waals surface area contributed by atoms with E-state index in [2.05, 4.69) is 36.1 Å². The first-order valence-corrected chi connectivity index (χ1v) is 10.6. The number of aliphatic carboxylic acids is 1. The van der Waals surface area contributed by atoms with Gasteiger partial charge in [0.2, 0.25) is 5.91 Å². The third kappa shape index (κ3) is 3.28. The van der Waals surface area contributed by atoms with E-state index in [-0.39, 0.29) is 17.4 Å². The number of amides is 1. The van der Waals surface area contributed by atoms with Crippen LogP contribution in [0.5, 0.6) is 0 Å². The highest BCUT2D eigenvalue weighted by molar-refractivity contribution is 5.85. The summed E-state index contributed by atoms with van der Waals surface area (Å²) in [5.74, 6) is -1.13. The first kappa shape index (κ1) is 18.5. The topological polar surface area (TPSA) is 57.6 Å². The van der Waals surface area contributed by atoms with Crippen molar-refractivity contribution in [2.75, 3.05) is 0 Å². The molecule has 1 amide bonds. The molecule has 0 aromatic heterocycles. The fourth-order valence-corrected chi connectivity index (χ4v) is 6.03. The van der Waals surface area contributed by atoms with Gasteiger partial charge in [-0.25, -0.2) is 0 Å². The quantitative estimate of drug-likeness (QED) is 0.820. The van der Waals surface area contributed by atoms with Gasteiger partial charge < -0.3 is 10.0 Å². The smallest absolute Gasteiger partial charge is 0.307 e. The molecule has 1 aliphatic heterocycles. The SMILES string of the molecule is CC1CC2(CCCC2)N(C(=O)C2CCCCC2C(=O)O)Cc2ccccc21. The summed E-state index contributed by atoms with van der Waals surface area (Å²) in [7, 11) is 0. The van der Waals surface area contributed by atoms with Crippen molar-refractivity contribution < 1.29 is 14.7 Å². The second kappa shape index (κ2) is 7.29. The summed E-state index contributed by atoms with van der Waals surface area (Å²) in [6, 6.07) is 8.50. The molecule has 3 aliphatic rings. The zero-order valence-electron chi connectivity index (χ0n) is 16.3. The standard InChI is InChI=1S/C23H31NO3/c1-16-14-23(12-6-7-13-23)24(15-17-8-2-3-9-18(16)17)21(25)19-10-4-5-11-20(19)22(26)27/h2-3,8-9,16,19-20H,4-7,10-15H2,1H3,(H,26,27). The number of rotatable bonds is 2. The Labute approximate surface area is 161 Å². The van der Waals surface area contributed by atoms with Gasteiger partial charge in [-0.2, -0.15) is 0 Å². The van der Waals surface area contributed by atoms with Gasteiger partial charge in [0.25, 0.3) is 0 Å². The summed E-state index contributed by atoms with van der Waals surface area (Å²) >= 11 is 0. The highest BCUT2D eigenvalue weighted by atomic mass is 16.4. The molecule has 1 aromatic rings. The van der Waals surface area contributed by atoms with Gasteiger partial charge >= 0.3 is 5.97 Å². The molecule has 2 aliphatic carbocycles. The molecule has 27 heavy (non-hydrogen) atoms. The van der Waals surface area contributed by atoms with Crippen LogP contribution < -0.4 is 0 Å². The minimum atomic E-state index is -0.794. The molecule has 3 atom stereocenters. The van der Waals surface area contributed by atoms with Gasteiger partial charge in [0.05, 0.1) is 11.8 Å². The lowest BCUT2D eigenvalue weighted by molar-refractivity contribution is -0.156. The summed E-state index contributed by atoms with van der Waals surface area (Å²) in [6.45, 7) is 2.93. The number of hydrogen-bond donors (Lipinski definition) is 1. The number of hydrogen-bond acceptors (Lipinski definition) is 2. The Morgan fingerprint density at radius 2 is 1.70 bits per heavy atom. The average Bonchev–Trinajstić information content (AvgIpc) is 3.10. The molecular formula is C23H31NO3. The van der Waals surface area contributed by atoms with Crippen LogP contribution in [0.15, 0.2) is 24.3 Å². The Bertz CT molecular complexity index is 722. The number of nitrogens with zero attached hydrogens (tertiary/aromatic N) is 1. The first-order chi connectivity index (χ1) is 13.0. The van der Waals surface area contributed by atoms with Crippen molar-refractivity contribution in [3.63, 3.8) is 0 Å². The Kier molecular flexibility index (Phi) is 5.00. The molecule has 3 unspecified atom stereocenters. The van der Waals surface area contributed by atoms with Crippen LogP contribution in [0.4, 0.5) is 0 Å². The van der Waals surface area contributed by atoms with E-state index in [9.17, 15) is 14.7 Å². The van der Waals surface area contributed by atoms with Crippen LogP contribution in [-0.4, -0.2) is 27.4 Å². The summed E-state index contributed by atoms with van der Waals surface area (Å²) in [4.78, 5) is 27.7. The van der Waals surface area contributed by atoms with Gasteiger partial charge in [0, 0.05) is 12.1 Å². The van der Waals surface area contributed by atoms with Crippen molar-refractivity contribution in [2.24, 2.45) is 11.8 Å². The number of carboxylic acids is 1. The molecule has 4 heteroatoms. The van der Waals surface area contributed by atoms with Crippen molar-refractivity contribution in [1.29, 1.82) is 0 Å². The van der Waals surface area contributed by atoms with Crippen LogP contribution in [0.1, 0.15) is 81.8 Å². The van der Waals surface area contributed by atoms with Crippen LogP contribution in [-0.2, 0) is 16.1 Å². The fourth-order valence-electron chi connectivity index (χ4n) is 6.03. The van der Waals surface area contributed by atoms with Gasteiger partial charge in [-0.3, -0.25) is 9.59 Å². The van der Waals surface area contributed by atoms with Gasteiger partial charge in [0.15, 0.2) is 0 Å². The number of carboxylic acid groups (broad SMARTS) is 1. The minimum absolute atomic E-state index is 0.0873. The molecule has 2 saturated carbocycles. The maximum Gasteiger partial charge on any atom is 0.307 e. The van der Waals surface area contributed by atoms with E-state index in [0.717, 1.165) is 38.5 Å². The molecule has 0 bridgehead atoms. The lowest BCUT2D eigenvalue weighted by Gasteiger charge is -2.44. The molecule has 0 saturated heterocycles. The highest BCUT2D eigenvalue weighted by Gasteiger charge is 2.48. The number of benzene rings is 1. The molecule has 4 nitrogen and oxygen atoms in total. The lowest BCUT2D eigenvalue weighted by Crippen LogP contribution is -2.53. The van der Waals surface area contributed by atoms with Gasteiger partial charge in [-0.15, -0.1) is 0 Å². The second-order valence-electron chi connectivity index (χ2n) is 9.00. The van der Waals surface area contributed by atoms with E-state index in [0.29, 0.717) is 18.9 Å². The van der Waals surface area contributed by atoms with E-state index in [1.54, 1.807) is 0 Å². The fraction of sp³-hybridized carbons (Fsp3) is 0.652. The summed E-state index contributed by atoms with van der Waals surface area (Å²) in [5.41, 5.74) is 2.51. The van der Waals surface area contributed by atoms with Crippen LogP contribution in [0, 0.1) is 11.8 Å². The molecular weight excluding hydrogens is 338 g/mol. The molecule has 1 heterocycles. The van der Waals surface area contributed by atoms with E-state index < -0.39 is 11.9 Å². The highest BCUT2D eigenvalue weighted by Crippen LogP contribution is 2.47. The van der Waals surface area contributed by atoms with Gasteiger partial charge in [-0.05, 0) is 49.1 Å². The van der Waals surface area contributed by atoms with Crippen molar-refractivity contribution in [3.05, 3.63) is 35.4 Å². The first-order valence-electron chi connectivity index (χ1n) is 10.6. The molecule has 1 aromatic carbocycles. The molecule has 146 valence electrons. The summed E-state index contributed by atoms with van der Waals surface area (Å²) in [5, 5.41) is 9.70. The molecule has 1 N–H and O–H groups in total. The Morgan fingerprint density at radius 3 is 2.41 bits per heavy atom. The van der Waals surface area contributed by atoms with E-state index >= 15 is 0 Å². The van der Waals surface area contributed by atoms with Crippen LogP contribution in [0.2, 0.25) is 0 Å². The van der Waals surface area contributed by atoms with E-state index in [4.69, 9.17) is 0 Å². The van der Waals surface area contributed by atoms with Gasteiger partial charge in [0.1, 0.15) is 0 Å². The largest absolute Gasteiger partial charge is 0.481 e. The van der Waals surface area contributed by atoms with Crippen molar-refractivity contribution in [2.45, 2.75) is 82.7 Å². The predicted molar refractivity (Wildman–Crippen MR) is 104 cm³/mol. The summed E-state index contributed by atoms with van der Waals surface area (Å²) < 4.78 is 0. The predicted octanol–water partition coefficient (Wildman–Crippen LogP) is 4.73. The molecule has 1 spiro atoms. The molecule has 4 rings (SSSR count). The third-order valence-corrected chi connectivity index (χ3v) is 7.37. The van der Waals surface area contributed by atoms with Crippen molar-refractivity contribution >= 4 is 11.9 Å². The average molecular weight is 370 g/mol. The van der Waals surface area contributed by atoms with Crippen LogP contribution >= 0.6 is 0 Å².